The van der Waals surface area contributed by atoms with E-state index in [0.29, 0.717) is 5.75 Å². The van der Waals surface area contributed by atoms with Crippen molar-refractivity contribution in [2.45, 2.75) is 22.9 Å². The number of hydrogen-bond donors (Lipinski definition) is 2. The zero-order chi connectivity index (χ0) is 15.9. The van der Waals surface area contributed by atoms with Crippen LogP contribution < -0.4 is 5.32 Å². The van der Waals surface area contributed by atoms with Gasteiger partial charge >= 0.3 is 0 Å². The molecule has 0 radical (unpaired) electrons. The third-order valence-corrected chi connectivity index (χ3v) is 4.51. The summed E-state index contributed by atoms with van der Waals surface area (Å²) in [6, 6.07) is 26.3. The third-order valence-electron chi connectivity index (χ3n) is 3.50. The van der Waals surface area contributed by atoms with Gasteiger partial charge < -0.3 is 10.4 Å². The number of hydrogen-bond acceptors (Lipinski definition) is 3. The Morgan fingerprint density at radius 1 is 0.652 bits per heavy atom. The first kappa shape index (κ1) is 15.7. The molecule has 0 unspecified atom stereocenters. The molecule has 0 fully saturated rings. The number of rotatable bonds is 6. The molecular weight excluding hydrogens is 302 g/mol. The van der Waals surface area contributed by atoms with Gasteiger partial charge in [0, 0.05) is 22.9 Å². The Morgan fingerprint density at radius 2 is 1.17 bits per heavy atom. The van der Waals surface area contributed by atoms with Crippen LogP contribution in [0.1, 0.15) is 11.1 Å². The molecular formula is C20H19NOS. The van der Waals surface area contributed by atoms with E-state index < -0.39 is 0 Å². The lowest BCUT2D eigenvalue weighted by molar-refractivity contribution is 0.475. The second-order valence-electron chi connectivity index (χ2n) is 5.33. The molecule has 0 heterocycles. The van der Waals surface area contributed by atoms with E-state index in [1.165, 1.54) is 16.0 Å². The van der Waals surface area contributed by atoms with Gasteiger partial charge in [-0.3, -0.25) is 0 Å². The third kappa shape index (κ3) is 4.88. The largest absolute Gasteiger partial charge is 0.508 e. The van der Waals surface area contributed by atoms with Gasteiger partial charge in [-0.2, -0.15) is 0 Å². The van der Waals surface area contributed by atoms with Gasteiger partial charge in [0.1, 0.15) is 5.75 Å². The highest BCUT2D eigenvalue weighted by atomic mass is 32.2. The first-order chi connectivity index (χ1) is 11.3. The highest BCUT2D eigenvalue weighted by molar-refractivity contribution is 7.99. The molecule has 0 aliphatic carbocycles. The summed E-state index contributed by atoms with van der Waals surface area (Å²) >= 11 is 1.69. The second-order valence-corrected chi connectivity index (χ2v) is 6.48. The fourth-order valence-electron chi connectivity index (χ4n) is 2.27. The summed E-state index contributed by atoms with van der Waals surface area (Å²) in [4.78, 5) is 2.32. The fraction of sp³-hybridized carbons (Fsp3) is 0.100. The lowest BCUT2D eigenvalue weighted by atomic mass is 10.2. The summed E-state index contributed by atoms with van der Waals surface area (Å²) in [5, 5.41) is 12.8. The maximum Gasteiger partial charge on any atom is 0.115 e. The maximum absolute atomic E-state index is 9.31. The summed E-state index contributed by atoms with van der Waals surface area (Å²) in [6.45, 7) is 1.74. The molecule has 3 heteroatoms. The normalized spacial score (nSPS) is 10.6. The summed E-state index contributed by atoms with van der Waals surface area (Å²) in [6.07, 6.45) is 0. The molecule has 0 bridgehead atoms. The molecule has 0 amide bonds. The molecule has 3 aromatic rings. The smallest absolute Gasteiger partial charge is 0.115 e. The molecule has 2 nitrogen and oxygen atoms in total. The van der Waals surface area contributed by atoms with E-state index in [-0.39, 0.29) is 0 Å². The van der Waals surface area contributed by atoms with Crippen molar-refractivity contribution in [3.05, 3.63) is 90.0 Å². The van der Waals surface area contributed by atoms with E-state index in [0.717, 1.165) is 18.0 Å². The Labute approximate surface area is 141 Å². The van der Waals surface area contributed by atoms with E-state index in [1.807, 2.05) is 18.2 Å². The van der Waals surface area contributed by atoms with Crippen LogP contribution in [0.25, 0.3) is 0 Å². The van der Waals surface area contributed by atoms with Crippen LogP contribution in [0.3, 0.4) is 0 Å². The predicted octanol–water partition coefficient (Wildman–Crippen LogP) is 4.83. The second kappa shape index (κ2) is 7.86. The lowest BCUT2D eigenvalue weighted by Crippen LogP contribution is -2.12. The minimum Gasteiger partial charge on any atom is -0.508 e. The van der Waals surface area contributed by atoms with Crippen molar-refractivity contribution >= 4 is 11.8 Å². The van der Waals surface area contributed by atoms with Crippen LogP contribution in [0.15, 0.2) is 88.7 Å². The molecule has 0 saturated heterocycles. The molecule has 2 N–H and O–H groups in total. The number of nitrogens with one attached hydrogen (secondary N) is 1. The van der Waals surface area contributed by atoms with Gasteiger partial charge in [-0.05, 0) is 47.5 Å². The van der Waals surface area contributed by atoms with Crippen LogP contribution in [-0.4, -0.2) is 5.11 Å². The van der Waals surface area contributed by atoms with E-state index in [4.69, 9.17) is 0 Å². The van der Waals surface area contributed by atoms with E-state index in [1.54, 1.807) is 23.9 Å². The van der Waals surface area contributed by atoms with Crippen molar-refractivity contribution in [1.29, 1.82) is 0 Å². The van der Waals surface area contributed by atoms with Gasteiger partial charge in [-0.1, -0.05) is 54.2 Å². The molecule has 116 valence electrons. The van der Waals surface area contributed by atoms with E-state index in [9.17, 15) is 5.11 Å². The van der Waals surface area contributed by atoms with Crippen LogP contribution in [0, 0.1) is 0 Å². The number of benzene rings is 3. The van der Waals surface area contributed by atoms with E-state index in [2.05, 4.69) is 53.8 Å². The van der Waals surface area contributed by atoms with Crippen LogP contribution in [0.5, 0.6) is 5.75 Å². The Balaban J connectivity index is 1.51. The standard InChI is InChI=1S/C20H19NOS/c22-18-8-12-20(13-9-18)23-19-10-6-17(7-11-19)15-21-14-16-4-2-1-3-5-16/h1-13,21-22H,14-15H2. The zero-order valence-electron chi connectivity index (χ0n) is 12.8. The Morgan fingerprint density at radius 3 is 1.78 bits per heavy atom. The summed E-state index contributed by atoms with van der Waals surface area (Å²) in [7, 11) is 0. The van der Waals surface area contributed by atoms with Gasteiger partial charge in [0.2, 0.25) is 0 Å². The summed E-state index contributed by atoms with van der Waals surface area (Å²) in [5.41, 5.74) is 2.57. The van der Waals surface area contributed by atoms with E-state index >= 15 is 0 Å². The quantitative estimate of drug-likeness (QED) is 0.682. The van der Waals surface area contributed by atoms with Gasteiger partial charge in [-0.25, -0.2) is 0 Å². The lowest BCUT2D eigenvalue weighted by Gasteiger charge is -2.07. The first-order valence-corrected chi connectivity index (χ1v) is 8.42. The van der Waals surface area contributed by atoms with Gasteiger partial charge in [0.25, 0.3) is 0 Å². The summed E-state index contributed by atoms with van der Waals surface area (Å²) in [5.74, 6) is 0.300. The molecule has 3 rings (SSSR count). The minimum absolute atomic E-state index is 0.300. The topological polar surface area (TPSA) is 32.3 Å². The van der Waals surface area contributed by atoms with Gasteiger partial charge in [0.05, 0.1) is 0 Å². The monoisotopic (exact) mass is 321 g/mol. The van der Waals surface area contributed by atoms with Gasteiger partial charge in [-0.15, -0.1) is 0 Å². The minimum atomic E-state index is 0.300. The van der Waals surface area contributed by atoms with Crippen molar-refractivity contribution in [2.75, 3.05) is 0 Å². The zero-order valence-corrected chi connectivity index (χ0v) is 13.6. The summed E-state index contributed by atoms with van der Waals surface area (Å²) < 4.78 is 0. The molecule has 0 aliphatic rings. The van der Waals surface area contributed by atoms with Crippen LogP contribution in [0.2, 0.25) is 0 Å². The highest BCUT2D eigenvalue weighted by Gasteiger charge is 1.99. The Hall–Kier alpha value is -2.23. The Bertz CT molecular complexity index is 724. The van der Waals surface area contributed by atoms with Crippen LogP contribution in [-0.2, 0) is 13.1 Å². The van der Waals surface area contributed by atoms with Crippen molar-refractivity contribution < 1.29 is 5.11 Å². The average Bonchev–Trinajstić information content (AvgIpc) is 2.59. The number of phenolic OH excluding ortho intramolecular Hbond substituents is 1. The Kier molecular flexibility index (Phi) is 5.35. The van der Waals surface area contributed by atoms with Crippen molar-refractivity contribution in [2.24, 2.45) is 0 Å². The van der Waals surface area contributed by atoms with Crippen molar-refractivity contribution in [3.63, 3.8) is 0 Å². The fourth-order valence-corrected chi connectivity index (χ4v) is 3.09. The first-order valence-electron chi connectivity index (χ1n) is 7.60. The number of phenols is 1. The molecule has 3 aromatic carbocycles. The SMILES string of the molecule is Oc1ccc(Sc2ccc(CNCc3ccccc3)cc2)cc1. The van der Waals surface area contributed by atoms with Crippen LogP contribution >= 0.6 is 11.8 Å². The molecule has 0 aliphatic heterocycles. The van der Waals surface area contributed by atoms with Crippen molar-refractivity contribution in [3.8, 4) is 5.75 Å². The highest BCUT2D eigenvalue weighted by Crippen LogP contribution is 2.28. The maximum atomic E-state index is 9.31. The average molecular weight is 321 g/mol. The van der Waals surface area contributed by atoms with Crippen LogP contribution in [0.4, 0.5) is 0 Å². The molecule has 0 aromatic heterocycles. The molecule has 0 spiro atoms. The predicted molar refractivity (Wildman–Crippen MR) is 95.7 cm³/mol. The molecule has 0 saturated carbocycles. The molecule has 0 atom stereocenters. The number of aromatic hydroxyl groups is 1. The van der Waals surface area contributed by atoms with Gasteiger partial charge in [0.15, 0.2) is 0 Å². The van der Waals surface area contributed by atoms with Crippen molar-refractivity contribution in [1.82, 2.24) is 5.32 Å². The molecule has 23 heavy (non-hydrogen) atoms.